The molecule has 1 aliphatic carbocycles. The molecule has 4 aromatic rings. The third kappa shape index (κ3) is 3.64. The molecule has 1 fully saturated rings. The molecule has 2 aliphatic heterocycles. The number of aromatic nitrogens is 3. The lowest BCUT2D eigenvalue weighted by atomic mass is 9.98. The minimum absolute atomic E-state index is 0.0146. The molecule has 3 aliphatic rings. The van der Waals surface area contributed by atoms with Gasteiger partial charge in [-0.15, -0.1) is 0 Å². The largest absolute Gasteiger partial charge is 0.345 e. The number of hydrogen-bond donors (Lipinski definition) is 1. The summed E-state index contributed by atoms with van der Waals surface area (Å²) >= 11 is 0. The number of allylic oxidation sites excluding steroid dienone is 2. The first-order valence-electron chi connectivity index (χ1n) is 13.3. The monoisotopic (exact) mass is 512 g/mol. The third-order valence-electron chi connectivity index (χ3n) is 8.25. The molecule has 7 rings (SSSR count). The second-order valence-corrected chi connectivity index (χ2v) is 10.6. The normalized spacial score (nSPS) is 18.7. The Morgan fingerprint density at radius 2 is 1.89 bits per heavy atom. The first-order valence-corrected chi connectivity index (χ1v) is 13.3. The van der Waals surface area contributed by atoms with Gasteiger partial charge in [-0.25, -0.2) is 14.2 Å². The molecule has 0 radical (unpaired) electrons. The molecule has 1 saturated heterocycles. The van der Waals surface area contributed by atoms with Crippen LogP contribution in [-0.4, -0.2) is 61.2 Å². The Bertz CT molecular complexity index is 1640. The summed E-state index contributed by atoms with van der Waals surface area (Å²) in [6.07, 6.45) is 8.32. The molecule has 5 heterocycles. The molecule has 0 unspecified atom stereocenters. The first kappa shape index (κ1) is 23.2. The number of fused-ring (bicyclic) bond motifs is 1. The second kappa shape index (κ2) is 8.80. The van der Waals surface area contributed by atoms with E-state index in [9.17, 15) is 9.59 Å². The van der Waals surface area contributed by atoms with Crippen molar-refractivity contribution in [2.24, 2.45) is 5.73 Å². The SMILES string of the molecule is NC1CCN(C(=O)N2CCn3cc(C4=C(c5cnc6ccccn56)C(=O)CC4)c4cc(F)cc(c43)C2)CC1. The number of halogens is 1. The van der Waals surface area contributed by atoms with Crippen LogP contribution in [0.4, 0.5) is 9.18 Å². The number of amides is 2. The summed E-state index contributed by atoms with van der Waals surface area (Å²) in [5.74, 6) is -0.265. The molecule has 2 amide bonds. The quantitative estimate of drug-likeness (QED) is 0.439. The Morgan fingerprint density at radius 1 is 1.05 bits per heavy atom. The van der Waals surface area contributed by atoms with Crippen LogP contribution in [0.15, 0.2) is 48.9 Å². The van der Waals surface area contributed by atoms with Crippen molar-refractivity contribution in [1.29, 1.82) is 0 Å². The molecule has 0 saturated carbocycles. The molecular formula is C29H29FN6O2. The van der Waals surface area contributed by atoms with Crippen molar-refractivity contribution < 1.29 is 14.0 Å². The average molecular weight is 513 g/mol. The van der Waals surface area contributed by atoms with E-state index in [4.69, 9.17) is 5.73 Å². The zero-order valence-electron chi connectivity index (χ0n) is 21.1. The van der Waals surface area contributed by atoms with Crippen molar-refractivity contribution in [3.63, 3.8) is 0 Å². The number of piperidine rings is 1. The Balaban J connectivity index is 1.31. The van der Waals surface area contributed by atoms with E-state index in [1.54, 1.807) is 18.3 Å². The van der Waals surface area contributed by atoms with Gasteiger partial charge in [0.25, 0.3) is 0 Å². The lowest BCUT2D eigenvalue weighted by molar-refractivity contribution is -0.113. The number of likely N-dealkylation sites (tertiary alicyclic amines) is 1. The van der Waals surface area contributed by atoms with Crippen LogP contribution in [0.2, 0.25) is 0 Å². The number of Topliss-reactive ketones (excluding diaryl/α,β-unsaturated/α-hetero) is 1. The van der Waals surface area contributed by atoms with Crippen molar-refractivity contribution in [2.45, 2.75) is 44.8 Å². The number of rotatable bonds is 2. The number of hydrogen-bond acceptors (Lipinski definition) is 4. The minimum Gasteiger partial charge on any atom is -0.345 e. The van der Waals surface area contributed by atoms with E-state index in [1.807, 2.05) is 44.8 Å². The van der Waals surface area contributed by atoms with Gasteiger partial charge >= 0.3 is 6.03 Å². The molecule has 194 valence electrons. The van der Waals surface area contributed by atoms with Crippen LogP contribution in [0.5, 0.6) is 0 Å². The van der Waals surface area contributed by atoms with E-state index in [2.05, 4.69) is 9.55 Å². The van der Waals surface area contributed by atoms with E-state index in [1.165, 1.54) is 0 Å². The lowest BCUT2D eigenvalue weighted by Crippen LogP contribution is -2.49. The van der Waals surface area contributed by atoms with Crippen molar-refractivity contribution >= 4 is 39.5 Å². The summed E-state index contributed by atoms with van der Waals surface area (Å²) in [6, 6.07) is 8.99. The predicted molar refractivity (Wildman–Crippen MR) is 143 cm³/mol. The summed E-state index contributed by atoms with van der Waals surface area (Å²) in [6.45, 7) is 2.77. The number of carbonyl (C=O) groups is 2. The summed E-state index contributed by atoms with van der Waals surface area (Å²) in [7, 11) is 0. The molecule has 0 atom stereocenters. The van der Waals surface area contributed by atoms with E-state index in [-0.39, 0.29) is 23.7 Å². The molecule has 0 bridgehead atoms. The van der Waals surface area contributed by atoms with Gasteiger partial charge in [-0.05, 0) is 54.7 Å². The maximum atomic E-state index is 15.1. The number of nitrogens with two attached hydrogens (primary N) is 1. The summed E-state index contributed by atoms with van der Waals surface area (Å²) in [5.41, 5.74) is 11.8. The third-order valence-corrected chi connectivity index (χ3v) is 8.25. The van der Waals surface area contributed by atoms with Crippen molar-refractivity contribution in [3.8, 4) is 0 Å². The predicted octanol–water partition coefficient (Wildman–Crippen LogP) is 4.06. The fourth-order valence-electron chi connectivity index (χ4n) is 6.34. The highest BCUT2D eigenvalue weighted by Gasteiger charge is 2.32. The Labute approximate surface area is 219 Å². The topological polar surface area (TPSA) is 88.9 Å². The second-order valence-electron chi connectivity index (χ2n) is 10.6. The summed E-state index contributed by atoms with van der Waals surface area (Å²) < 4.78 is 19.1. The highest BCUT2D eigenvalue weighted by Crippen LogP contribution is 2.42. The average Bonchev–Trinajstić information content (AvgIpc) is 3.57. The van der Waals surface area contributed by atoms with Crippen LogP contribution in [-0.2, 0) is 17.9 Å². The van der Waals surface area contributed by atoms with Crippen LogP contribution in [0, 0.1) is 5.82 Å². The number of nitrogens with zero attached hydrogens (tertiary/aromatic N) is 5. The molecule has 0 spiro atoms. The van der Waals surface area contributed by atoms with Crippen LogP contribution < -0.4 is 5.73 Å². The van der Waals surface area contributed by atoms with Gasteiger partial charge in [-0.1, -0.05) is 6.07 Å². The zero-order valence-corrected chi connectivity index (χ0v) is 21.1. The highest BCUT2D eigenvalue weighted by molar-refractivity contribution is 6.31. The first-order chi connectivity index (χ1) is 18.5. The zero-order chi connectivity index (χ0) is 26.0. The molecule has 3 aromatic heterocycles. The van der Waals surface area contributed by atoms with Gasteiger partial charge in [0, 0.05) is 74.1 Å². The number of benzene rings is 1. The summed E-state index contributed by atoms with van der Waals surface area (Å²) in [5, 5.41) is 0.786. The van der Waals surface area contributed by atoms with Crippen molar-refractivity contribution in [1.82, 2.24) is 23.8 Å². The number of carbonyl (C=O) groups excluding carboxylic acids is 2. The maximum absolute atomic E-state index is 15.1. The number of ketones is 1. The van der Waals surface area contributed by atoms with Gasteiger partial charge in [-0.2, -0.15) is 0 Å². The lowest BCUT2D eigenvalue weighted by Gasteiger charge is -2.34. The van der Waals surface area contributed by atoms with Crippen LogP contribution in [0.1, 0.15) is 42.5 Å². The van der Waals surface area contributed by atoms with Crippen molar-refractivity contribution in [2.75, 3.05) is 19.6 Å². The molecule has 8 nitrogen and oxygen atoms in total. The van der Waals surface area contributed by atoms with Gasteiger partial charge in [-0.3, -0.25) is 9.20 Å². The Morgan fingerprint density at radius 3 is 2.74 bits per heavy atom. The van der Waals surface area contributed by atoms with Gasteiger partial charge in [0.1, 0.15) is 11.5 Å². The van der Waals surface area contributed by atoms with Gasteiger partial charge < -0.3 is 20.1 Å². The number of imidazole rings is 1. The van der Waals surface area contributed by atoms with Crippen LogP contribution in [0.25, 0.3) is 27.7 Å². The molecular weight excluding hydrogens is 483 g/mol. The van der Waals surface area contributed by atoms with Crippen LogP contribution >= 0.6 is 0 Å². The van der Waals surface area contributed by atoms with Gasteiger partial charge in [0.2, 0.25) is 0 Å². The number of pyridine rings is 1. The van der Waals surface area contributed by atoms with Gasteiger partial charge in [0.05, 0.1) is 17.4 Å². The Hall–Kier alpha value is -3.98. The maximum Gasteiger partial charge on any atom is 0.320 e. The van der Waals surface area contributed by atoms with Crippen molar-refractivity contribution in [3.05, 3.63) is 71.6 Å². The highest BCUT2D eigenvalue weighted by atomic mass is 19.1. The van der Waals surface area contributed by atoms with E-state index in [0.717, 1.165) is 51.8 Å². The standard InChI is InChI=1S/C29H29FN6O2/c30-19-13-18-16-35(29(38)33-9-6-20(31)7-10-33)12-11-34-17-23(22(14-19)28(18)34)21-4-5-25(37)27(21)24-15-32-26-3-1-2-8-36(24)26/h1-3,8,13-15,17,20H,4-7,9-12,16,31H2. The van der Waals surface area contributed by atoms with Gasteiger partial charge in [0.15, 0.2) is 5.78 Å². The van der Waals surface area contributed by atoms with E-state index >= 15 is 4.39 Å². The molecule has 1 aromatic carbocycles. The van der Waals surface area contributed by atoms with E-state index < -0.39 is 0 Å². The Kier molecular flexibility index (Phi) is 5.36. The summed E-state index contributed by atoms with van der Waals surface area (Å²) in [4.78, 5) is 34.7. The number of urea groups is 1. The van der Waals surface area contributed by atoms with Crippen LogP contribution in [0.3, 0.4) is 0 Å². The molecule has 38 heavy (non-hydrogen) atoms. The fraction of sp³-hybridized carbons (Fsp3) is 0.345. The smallest absolute Gasteiger partial charge is 0.320 e. The molecule has 2 N–H and O–H groups in total. The minimum atomic E-state index is -0.342. The molecule has 9 heteroatoms. The fourth-order valence-corrected chi connectivity index (χ4v) is 6.34. The van der Waals surface area contributed by atoms with E-state index in [0.29, 0.717) is 51.1 Å².